The molecule has 2 aromatic rings. The quantitative estimate of drug-likeness (QED) is 0.891. The number of alkyl halides is 2. The molecule has 24 heavy (non-hydrogen) atoms. The van der Waals surface area contributed by atoms with Crippen LogP contribution in [0.5, 0.6) is 0 Å². The number of nitrogens with two attached hydrogens (primary N) is 2. The van der Waals surface area contributed by atoms with Gasteiger partial charge in [-0.15, -0.1) is 0 Å². The standard InChI is InChI=1S/2C9H13FN2/c2*1-6-3-8(5-7(2)10)12-9(11)4-6/h2*3-4,7H,5H2,1-2H3,(H2,11,12). The molecule has 0 saturated carbocycles. The van der Waals surface area contributed by atoms with E-state index < -0.39 is 12.3 Å². The molecule has 2 heterocycles. The number of nitrogen functional groups attached to an aromatic ring is 2. The smallest absolute Gasteiger partial charge is 0.123 e. The van der Waals surface area contributed by atoms with Gasteiger partial charge >= 0.3 is 0 Å². The van der Waals surface area contributed by atoms with E-state index in [2.05, 4.69) is 9.97 Å². The molecule has 0 aromatic carbocycles. The zero-order chi connectivity index (χ0) is 18.3. The van der Waals surface area contributed by atoms with Gasteiger partial charge in [-0.1, -0.05) is 0 Å². The van der Waals surface area contributed by atoms with Crippen LogP contribution in [0.25, 0.3) is 0 Å². The van der Waals surface area contributed by atoms with E-state index in [0.717, 1.165) is 22.5 Å². The summed E-state index contributed by atoms with van der Waals surface area (Å²) in [5.41, 5.74) is 14.5. The molecule has 4 nitrogen and oxygen atoms in total. The summed E-state index contributed by atoms with van der Waals surface area (Å²) in [5, 5.41) is 0. The number of rotatable bonds is 4. The highest BCUT2D eigenvalue weighted by Crippen LogP contribution is 2.10. The summed E-state index contributed by atoms with van der Waals surface area (Å²) in [7, 11) is 0. The van der Waals surface area contributed by atoms with Gasteiger partial charge in [-0.05, 0) is 63.1 Å². The van der Waals surface area contributed by atoms with Crippen molar-refractivity contribution in [1.82, 2.24) is 9.97 Å². The van der Waals surface area contributed by atoms with Crippen LogP contribution < -0.4 is 11.5 Å². The third-order valence-electron chi connectivity index (χ3n) is 3.07. The van der Waals surface area contributed by atoms with Crippen LogP contribution in [0.2, 0.25) is 0 Å². The molecule has 0 fully saturated rings. The summed E-state index contributed by atoms with van der Waals surface area (Å²) in [5.74, 6) is 0.927. The fraction of sp³-hybridized carbons (Fsp3) is 0.444. The molecule has 0 saturated heterocycles. The van der Waals surface area contributed by atoms with Gasteiger partial charge in [0.05, 0.1) is 0 Å². The van der Waals surface area contributed by atoms with Crippen LogP contribution in [0.4, 0.5) is 20.4 Å². The zero-order valence-corrected chi connectivity index (χ0v) is 14.7. The van der Waals surface area contributed by atoms with Crippen LogP contribution in [0.15, 0.2) is 24.3 Å². The largest absolute Gasteiger partial charge is 0.384 e. The number of hydrogen-bond acceptors (Lipinski definition) is 4. The Labute approximate surface area is 142 Å². The van der Waals surface area contributed by atoms with Crippen molar-refractivity contribution in [2.24, 2.45) is 0 Å². The second-order valence-corrected chi connectivity index (χ2v) is 6.09. The first-order valence-corrected chi connectivity index (χ1v) is 7.90. The van der Waals surface area contributed by atoms with Crippen molar-refractivity contribution < 1.29 is 8.78 Å². The Balaban J connectivity index is 0.000000240. The van der Waals surface area contributed by atoms with E-state index in [-0.39, 0.29) is 0 Å². The monoisotopic (exact) mass is 336 g/mol. The number of nitrogens with zero attached hydrogens (tertiary/aromatic N) is 2. The summed E-state index contributed by atoms with van der Waals surface area (Å²) in [6.07, 6.45) is -1.05. The molecule has 2 unspecified atom stereocenters. The van der Waals surface area contributed by atoms with Gasteiger partial charge in [-0.25, -0.2) is 18.7 Å². The summed E-state index contributed by atoms with van der Waals surface area (Å²) < 4.78 is 25.1. The summed E-state index contributed by atoms with van der Waals surface area (Å²) in [6.45, 7) is 6.87. The van der Waals surface area contributed by atoms with Crippen molar-refractivity contribution in [1.29, 1.82) is 0 Å². The minimum atomic E-state index is -0.862. The van der Waals surface area contributed by atoms with Gasteiger partial charge in [0.2, 0.25) is 0 Å². The average molecular weight is 336 g/mol. The van der Waals surface area contributed by atoms with Crippen molar-refractivity contribution in [2.75, 3.05) is 11.5 Å². The third kappa shape index (κ3) is 7.85. The topological polar surface area (TPSA) is 77.8 Å². The van der Waals surface area contributed by atoms with Gasteiger partial charge in [0.25, 0.3) is 0 Å². The van der Waals surface area contributed by atoms with E-state index in [0.29, 0.717) is 24.5 Å². The van der Waals surface area contributed by atoms with E-state index in [4.69, 9.17) is 11.5 Å². The molecule has 0 amide bonds. The maximum absolute atomic E-state index is 12.6. The fourth-order valence-corrected chi connectivity index (χ4v) is 2.32. The lowest BCUT2D eigenvalue weighted by Gasteiger charge is -2.03. The average Bonchev–Trinajstić information content (AvgIpc) is 2.34. The molecule has 0 radical (unpaired) electrons. The fourth-order valence-electron chi connectivity index (χ4n) is 2.32. The molecular weight excluding hydrogens is 310 g/mol. The second-order valence-electron chi connectivity index (χ2n) is 6.09. The van der Waals surface area contributed by atoms with Gasteiger partial charge < -0.3 is 11.5 Å². The van der Waals surface area contributed by atoms with Crippen LogP contribution in [-0.4, -0.2) is 22.3 Å². The first-order valence-electron chi connectivity index (χ1n) is 7.90. The van der Waals surface area contributed by atoms with Crippen LogP contribution in [0, 0.1) is 13.8 Å². The Morgan fingerprint density at radius 2 is 1.12 bits per heavy atom. The van der Waals surface area contributed by atoms with Crippen LogP contribution in [0.3, 0.4) is 0 Å². The lowest BCUT2D eigenvalue weighted by Crippen LogP contribution is -2.03. The van der Waals surface area contributed by atoms with Gasteiger partial charge in [0, 0.05) is 24.2 Å². The van der Waals surface area contributed by atoms with Crippen molar-refractivity contribution >= 4 is 11.6 Å². The molecule has 2 atom stereocenters. The van der Waals surface area contributed by atoms with E-state index in [1.165, 1.54) is 13.8 Å². The number of anilines is 2. The zero-order valence-electron chi connectivity index (χ0n) is 14.7. The SMILES string of the molecule is Cc1cc(N)nc(CC(C)F)c1.Cc1cc(N)nc(CC(C)F)c1. The maximum Gasteiger partial charge on any atom is 0.123 e. The highest BCUT2D eigenvalue weighted by molar-refractivity contribution is 5.35. The Hall–Kier alpha value is -2.24. The van der Waals surface area contributed by atoms with Crippen molar-refractivity contribution in [3.8, 4) is 0 Å². The van der Waals surface area contributed by atoms with Crippen molar-refractivity contribution in [3.05, 3.63) is 46.8 Å². The van der Waals surface area contributed by atoms with Crippen molar-refractivity contribution in [3.63, 3.8) is 0 Å². The Morgan fingerprint density at radius 1 is 0.792 bits per heavy atom. The predicted octanol–water partition coefficient (Wildman–Crippen LogP) is 3.75. The van der Waals surface area contributed by atoms with Crippen LogP contribution >= 0.6 is 0 Å². The summed E-state index contributed by atoms with van der Waals surface area (Å²) in [4.78, 5) is 8.02. The third-order valence-corrected chi connectivity index (χ3v) is 3.07. The predicted molar refractivity (Wildman–Crippen MR) is 95.3 cm³/mol. The molecule has 132 valence electrons. The van der Waals surface area contributed by atoms with E-state index in [1.54, 1.807) is 12.1 Å². The molecule has 4 N–H and O–H groups in total. The number of hydrogen-bond donors (Lipinski definition) is 2. The first-order chi connectivity index (χ1) is 11.2. The van der Waals surface area contributed by atoms with Gasteiger partial charge in [0.1, 0.15) is 24.0 Å². The number of aryl methyl sites for hydroxylation is 2. The molecule has 0 spiro atoms. The number of aromatic nitrogens is 2. The van der Waals surface area contributed by atoms with Crippen molar-refractivity contribution in [2.45, 2.75) is 52.9 Å². The Morgan fingerprint density at radius 3 is 1.38 bits per heavy atom. The highest BCUT2D eigenvalue weighted by Gasteiger charge is 2.04. The van der Waals surface area contributed by atoms with Gasteiger partial charge in [-0.3, -0.25) is 0 Å². The molecule has 0 bridgehead atoms. The van der Waals surface area contributed by atoms with Crippen LogP contribution in [-0.2, 0) is 12.8 Å². The molecule has 0 aliphatic heterocycles. The Bertz CT molecular complexity index is 559. The van der Waals surface area contributed by atoms with Gasteiger partial charge in [-0.2, -0.15) is 0 Å². The first kappa shape index (κ1) is 19.8. The lowest BCUT2D eigenvalue weighted by molar-refractivity contribution is 0.357. The molecule has 2 rings (SSSR count). The molecular formula is C18H26F2N4. The Kier molecular flexibility index (Phi) is 7.55. The highest BCUT2D eigenvalue weighted by atomic mass is 19.1. The second kappa shape index (κ2) is 9.15. The molecule has 2 aromatic heterocycles. The molecule has 6 heteroatoms. The van der Waals surface area contributed by atoms with E-state index >= 15 is 0 Å². The number of halogens is 2. The molecule has 0 aliphatic rings. The summed E-state index contributed by atoms with van der Waals surface area (Å²) in [6, 6.07) is 7.25. The summed E-state index contributed by atoms with van der Waals surface area (Å²) >= 11 is 0. The number of pyridine rings is 2. The van der Waals surface area contributed by atoms with E-state index in [9.17, 15) is 8.78 Å². The lowest BCUT2D eigenvalue weighted by atomic mass is 10.1. The van der Waals surface area contributed by atoms with Gasteiger partial charge in [0.15, 0.2) is 0 Å². The normalized spacial score (nSPS) is 12.9. The van der Waals surface area contributed by atoms with E-state index in [1.807, 2.05) is 26.0 Å². The van der Waals surface area contributed by atoms with Crippen LogP contribution in [0.1, 0.15) is 36.4 Å². The molecule has 0 aliphatic carbocycles. The maximum atomic E-state index is 12.6. The minimum Gasteiger partial charge on any atom is -0.384 e. The minimum absolute atomic E-state index is 0.339.